The standard InChI is InChI=1S/C12H14N4O4/c1-7(18)14-10-2-3-16(12(19)15-10)11-8(5-13)4-9(6-17)20-11/h2-3,8-9,11,17H,4,6H2,1H3,(H,14,15,18,19). The maximum absolute atomic E-state index is 11.9. The molecule has 3 unspecified atom stereocenters. The van der Waals surface area contributed by atoms with E-state index in [2.05, 4.69) is 16.4 Å². The molecule has 1 amide bonds. The van der Waals surface area contributed by atoms with Gasteiger partial charge in [0.15, 0.2) is 6.23 Å². The second-order valence-corrected chi connectivity index (χ2v) is 4.49. The number of nitriles is 1. The van der Waals surface area contributed by atoms with Gasteiger partial charge in [-0.05, 0) is 12.5 Å². The number of nitrogens with one attached hydrogen (secondary N) is 1. The van der Waals surface area contributed by atoms with E-state index in [4.69, 9.17) is 15.1 Å². The topological polar surface area (TPSA) is 117 Å². The number of anilines is 1. The van der Waals surface area contributed by atoms with Crippen LogP contribution in [-0.2, 0) is 9.53 Å². The summed E-state index contributed by atoms with van der Waals surface area (Å²) in [5.41, 5.74) is -0.625. The van der Waals surface area contributed by atoms with E-state index in [0.717, 1.165) is 0 Å². The van der Waals surface area contributed by atoms with E-state index >= 15 is 0 Å². The summed E-state index contributed by atoms with van der Waals surface area (Å²) in [6, 6.07) is 3.51. The smallest absolute Gasteiger partial charge is 0.351 e. The van der Waals surface area contributed by atoms with Gasteiger partial charge in [0.2, 0.25) is 5.91 Å². The van der Waals surface area contributed by atoms with E-state index in [1.54, 1.807) is 0 Å². The van der Waals surface area contributed by atoms with Crippen molar-refractivity contribution in [3.63, 3.8) is 0 Å². The number of amides is 1. The van der Waals surface area contributed by atoms with Crippen molar-refractivity contribution in [2.75, 3.05) is 11.9 Å². The molecule has 2 heterocycles. The Kier molecular flexibility index (Phi) is 4.12. The molecule has 1 aromatic rings. The summed E-state index contributed by atoms with van der Waals surface area (Å²) in [7, 11) is 0. The van der Waals surface area contributed by atoms with Crippen LogP contribution in [0.2, 0.25) is 0 Å². The molecule has 1 saturated heterocycles. The van der Waals surface area contributed by atoms with Crippen molar-refractivity contribution < 1.29 is 14.6 Å². The van der Waals surface area contributed by atoms with Crippen molar-refractivity contribution in [2.45, 2.75) is 25.7 Å². The van der Waals surface area contributed by atoms with Crippen LogP contribution in [0, 0.1) is 17.2 Å². The van der Waals surface area contributed by atoms with Crippen molar-refractivity contribution in [1.29, 1.82) is 5.26 Å². The Hall–Kier alpha value is -2.24. The Morgan fingerprint density at radius 1 is 1.75 bits per heavy atom. The number of hydrogen-bond acceptors (Lipinski definition) is 6. The highest BCUT2D eigenvalue weighted by Gasteiger charge is 2.36. The quantitative estimate of drug-likeness (QED) is 0.778. The van der Waals surface area contributed by atoms with Crippen LogP contribution < -0.4 is 11.0 Å². The molecule has 1 fully saturated rings. The van der Waals surface area contributed by atoms with Gasteiger partial charge in [0.05, 0.1) is 24.7 Å². The number of hydrogen-bond donors (Lipinski definition) is 2. The van der Waals surface area contributed by atoms with Crippen molar-refractivity contribution >= 4 is 11.7 Å². The Morgan fingerprint density at radius 2 is 2.50 bits per heavy atom. The number of ether oxygens (including phenoxy) is 1. The van der Waals surface area contributed by atoms with Crippen LogP contribution in [0.25, 0.3) is 0 Å². The van der Waals surface area contributed by atoms with Gasteiger partial charge in [-0.25, -0.2) is 4.79 Å². The lowest BCUT2D eigenvalue weighted by atomic mass is 10.1. The molecule has 106 valence electrons. The minimum absolute atomic E-state index is 0.143. The predicted molar refractivity (Wildman–Crippen MR) is 67.5 cm³/mol. The van der Waals surface area contributed by atoms with Gasteiger partial charge in [-0.1, -0.05) is 0 Å². The van der Waals surface area contributed by atoms with E-state index in [1.165, 1.54) is 23.8 Å². The van der Waals surface area contributed by atoms with Gasteiger partial charge in [0.25, 0.3) is 0 Å². The number of rotatable bonds is 3. The Bertz CT molecular complexity index is 606. The van der Waals surface area contributed by atoms with Crippen LogP contribution in [0.4, 0.5) is 5.82 Å². The molecule has 1 aromatic heterocycles. The lowest BCUT2D eigenvalue weighted by molar-refractivity contribution is -0.114. The molecule has 0 aliphatic carbocycles. The first-order valence-corrected chi connectivity index (χ1v) is 6.08. The molecular formula is C12H14N4O4. The van der Waals surface area contributed by atoms with Crippen molar-refractivity contribution in [1.82, 2.24) is 9.55 Å². The number of aromatic nitrogens is 2. The van der Waals surface area contributed by atoms with E-state index in [-0.39, 0.29) is 18.3 Å². The predicted octanol–water partition coefficient (Wildman–Crippen LogP) is -0.379. The van der Waals surface area contributed by atoms with Crippen LogP contribution in [0.5, 0.6) is 0 Å². The minimum Gasteiger partial charge on any atom is -0.394 e. The van der Waals surface area contributed by atoms with Gasteiger partial charge < -0.3 is 15.2 Å². The van der Waals surface area contributed by atoms with Gasteiger partial charge in [-0.2, -0.15) is 10.2 Å². The molecular weight excluding hydrogens is 264 g/mol. The number of aliphatic hydroxyl groups is 1. The zero-order chi connectivity index (χ0) is 14.7. The van der Waals surface area contributed by atoms with Crippen LogP contribution in [0.15, 0.2) is 17.1 Å². The summed E-state index contributed by atoms with van der Waals surface area (Å²) < 4.78 is 6.65. The first kappa shape index (κ1) is 14.2. The van der Waals surface area contributed by atoms with Crippen LogP contribution in [-0.4, -0.2) is 33.3 Å². The van der Waals surface area contributed by atoms with Gasteiger partial charge in [-0.3, -0.25) is 9.36 Å². The molecule has 3 atom stereocenters. The monoisotopic (exact) mass is 278 g/mol. The lowest BCUT2D eigenvalue weighted by Crippen LogP contribution is -2.30. The van der Waals surface area contributed by atoms with Crippen molar-refractivity contribution in [3.05, 3.63) is 22.7 Å². The molecule has 20 heavy (non-hydrogen) atoms. The molecule has 0 bridgehead atoms. The Labute approximate surface area is 114 Å². The molecule has 0 saturated carbocycles. The first-order valence-electron chi connectivity index (χ1n) is 6.08. The molecule has 8 heteroatoms. The summed E-state index contributed by atoms with van der Waals surface area (Å²) in [6.45, 7) is 1.10. The van der Waals surface area contributed by atoms with Gasteiger partial charge >= 0.3 is 5.69 Å². The van der Waals surface area contributed by atoms with E-state index in [9.17, 15) is 9.59 Å². The van der Waals surface area contributed by atoms with Gasteiger partial charge in [-0.15, -0.1) is 0 Å². The molecule has 8 nitrogen and oxygen atoms in total. The van der Waals surface area contributed by atoms with E-state index in [1.807, 2.05) is 0 Å². The summed E-state index contributed by atoms with van der Waals surface area (Å²) in [5.74, 6) is -0.718. The van der Waals surface area contributed by atoms with Crippen LogP contribution >= 0.6 is 0 Å². The number of aliphatic hydroxyl groups excluding tert-OH is 1. The zero-order valence-corrected chi connectivity index (χ0v) is 10.8. The maximum Gasteiger partial charge on any atom is 0.351 e. The molecule has 0 spiro atoms. The average molecular weight is 278 g/mol. The maximum atomic E-state index is 11.9. The highest BCUT2D eigenvalue weighted by Crippen LogP contribution is 2.32. The second kappa shape index (κ2) is 5.81. The summed E-state index contributed by atoms with van der Waals surface area (Å²) in [5, 5.41) is 20.5. The second-order valence-electron chi connectivity index (χ2n) is 4.49. The Balaban J connectivity index is 2.27. The molecule has 2 rings (SSSR count). The highest BCUT2D eigenvalue weighted by atomic mass is 16.5. The van der Waals surface area contributed by atoms with Crippen molar-refractivity contribution in [3.8, 4) is 6.07 Å². The van der Waals surface area contributed by atoms with Gasteiger partial charge in [0.1, 0.15) is 5.82 Å². The molecule has 2 N–H and O–H groups in total. The highest BCUT2D eigenvalue weighted by molar-refractivity contribution is 5.87. The van der Waals surface area contributed by atoms with Crippen LogP contribution in [0.3, 0.4) is 0 Å². The van der Waals surface area contributed by atoms with E-state index in [0.29, 0.717) is 6.42 Å². The fourth-order valence-corrected chi connectivity index (χ4v) is 2.10. The molecule has 1 aliphatic rings. The number of nitrogens with zero attached hydrogens (tertiary/aromatic N) is 3. The SMILES string of the molecule is CC(=O)Nc1ccn(C2OC(CO)CC2C#N)c(=O)n1. The fourth-order valence-electron chi connectivity index (χ4n) is 2.10. The van der Waals surface area contributed by atoms with E-state index < -0.39 is 23.9 Å². The third-order valence-corrected chi connectivity index (χ3v) is 2.97. The molecule has 1 aliphatic heterocycles. The number of carbonyl (C=O) groups is 1. The summed E-state index contributed by atoms with van der Waals surface area (Å²) in [4.78, 5) is 26.5. The van der Waals surface area contributed by atoms with Crippen LogP contribution in [0.1, 0.15) is 19.6 Å². The number of carbonyl (C=O) groups excluding carboxylic acids is 1. The molecule has 0 radical (unpaired) electrons. The summed E-state index contributed by atoms with van der Waals surface area (Å²) >= 11 is 0. The third-order valence-electron chi connectivity index (χ3n) is 2.97. The normalized spacial score (nSPS) is 25.1. The lowest BCUT2D eigenvalue weighted by Gasteiger charge is -2.16. The minimum atomic E-state index is -0.775. The molecule has 0 aromatic carbocycles. The third kappa shape index (κ3) is 2.84. The van der Waals surface area contributed by atoms with Crippen molar-refractivity contribution in [2.24, 2.45) is 5.92 Å². The summed E-state index contributed by atoms with van der Waals surface area (Å²) in [6.07, 6.45) is 0.530. The fraction of sp³-hybridized carbons (Fsp3) is 0.500. The van der Waals surface area contributed by atoms with Gasteiger partial charge in [0, 0.05) is 13.1 Å². The Morgan fingerprint density at radius 3 is 3.05 bits per heavy atom. The zero-order valence-electron chi connectivity index (χ0n) is 10.8. The first-order chi connectivity index (χ1) is 9.55. The largest absolute Gasteiger partial charge is 0.394 e. The average Bonchev–Trinajstić information content (AvgIpc) is 2.81.